The molecule has 23 heavy (non-hydrogen) atoms. The molecule has 4 nitrogen and oxygen atoms in total. The molecular weight excluding hydrogens is 290 g/mol. The van der Waals surface area contributed by atoms with Gasteiger partial charge in [0.15, 0.2) is 0 Å². The van der Waals surface area contributed by atoms with Gasteiger partial charge in [0.25, 0.3) is 0 Å². The number of ether oxygens (including phenoxy) is 1. The minimum Gasteiger partial charge on any atom is -0.389 e. The molecule has 1 amide bonds. The fraction of sp³-hybridized carbons (Fsp3) is 0.632. The Kier molecular flexibility index (Phi) is 6.19. The Hall–Kier alpha value is -1.39. The third kappa shape index (κ3) is 4.55. The molecule has 1 aliphatic carbocycles. The Morgan fingerprint density at radius 3 is 2.83 bits per heavy atom. The van der Waals surface area contributed by atoms with Gasteiger partial charge in [-0.2, -0.15) is 0 Å². The average Bonchev–Trinajstić information content (AvgIpc) is 2.52. The fourth-order valence-corrected chi connectivity index (χ4v) is 3.18. The number of amides is 1. The van der Waals surface area contributed by atoms with Gasteiger partial charge in [-0.15, -0.1) is 0 Å². The second-order valence-electron chi connectivity index (χ2n) is 7.14. The first kappa shape index (κ1) is 18.0. The minimum absolute atomic E-state index is 0.00689. The van der Waals surface area contributed by atoms with Crippen molar-refractivity contribution in [2.45, 2.75) is 51.6 Å². The number of nitrogens with one attached hydrogen (secondary N) is 1. The lowest BCUT2D eigenvalue weighted by molar-refractivity contribution is -0.127. The Bertz CT molecular complexity index is 529. The topological polar surface area (TPSA) is 58.6 Å². The summed E-state index contributed by atoms with van der Waals surface area (Å²) in [4.78, 5) is 12.7. The predicted octanol–water partition coefficient (Wildman–Crippen LogP) is 2.43. The number of hydrogen-bond acceptors (Lipinski definition) is 3. The van der Waals surface area contributed by atoms with Crippen LogP contribution in [0.25, 0.3) is 0 Å². The van der Waals surface area contributed by atoms with Crippen molar-refractivity contribution in [1.82, 2.24) is 5.32 Å². The molecule has 1 aromatic rings. The molecule has 2 rings (SSSR count). The van der Waals surface area contributed by atoms with E-state index in [0.717, 1.165) is 24.8 Å². The van der Waals surface area contributed by atoms with Crippen LogP contribution in [0.15, 0.2) is 24.3 Å². The van der Waals surface area contributed by atoms with Crippen LogP contribution >= 0.6 is 0 Å². The first-order chi connectivity index (χ1) is 10.9. The highest BCUT2D eigenvalue weighted by Gasteiger charge is 2.38. The highest BCUT2D eigenvalue weighted by atomic mass is 16.5. The molecule has 0 spiro atoms. The Morgan fingerprint density at radius 1 is 1.35 bits per heavy atom. The van der Waals surface area contributed by atoms with E-state index in [4.69, 9.17) is 4.74 Å². The van der Waals surface area contributed by atoms with E-state index in [-0.39, 0.29) is 19.1 Å². The maximum absolute atomic E-state index is 12.7. The van der Waals surface area contributed by atoms with Crippen molar-refractivity contribution >= 4 is 5.91 Å². The summed E-state index contributed by atoms with van der Waals surface area (Å²) in [6.45, 7) is 7.24. The second kappa shape index (κ2) is 7.93. The summed E-state index contributed by atoms with van der Waals surface area (Å²) in [6.07, 6.45) is 2.22. The van der Waals surface area contributed by atoms with Crippen LogP contribution in [-0.2, 0) is 21.4 Å². The van der Waals surface area contributed by atoms with E-state index in [1.54, 1.807) is 0 Å². The molecule has 0 saturated heterocycles. The number of hydrogen-bond donors (Lipinski definition) is 2. The molecule has 0 saturated carbocycles. The number of aliphatic hydroxyl groups excluding tert-OH is 1. The molecule has 1 aliphatic rings. The molecular formula is C19H29NO3. The zero-order valence-electron chi connectivity index (χ0n) is 14.5. The van der Waals surface area contributed by atoms with Gasteiger partial charge in [-0.25, -0.2) is 0 Å². The highest BCUT2D eigenvalue weighted by Crippen LogP contribution is 2.37. The molecule has 2 N–H and O–H groups in total. The van der Waals surface area contributed by atoms with Gasteiger partial charge < -0.3 is 15.2 Å². The predicted molar refractivity (Wildman–Crippen MR) is 91.4 cm³/mol. The third-order valence-electron chi connectivity index (χ3n) is 4.50. The molecule has 4 heteroatoms. The number of rotatable bonds is 7. The second-order valence-corrected chi connectivity index (χ2v) is 7.14. The Morgan fingerprint density at radius 2 is 2.09 bits per heavy atom. The summed E-state index contributed by atoms with van der Waals surface area (Å²) in [5.41, 5.74) is 1.87. The molecule has 0 fully saturated rings. The zero-order chi connectivity index (χ0) is 16.9. The number of carbonyl (C=O) groups excluding carboxylic acids is 1. The largest absolute Gasteiger partial charge is 0.389 e. The smallest absolute Gasteiger partial charge is 0.230 e. The SMILES string of the molecule is CC(C)COCC(O)CNC(=O)C1(C)CCCc2ccccc21. The van der Waals surface area contributed by atoms with Gasteiger partial charge in [-0.1, -0.05) is 38.1 Å². The van der Waals surface area contributed by atoms with Crippen molar-refractivity contribution in [3.63, 3.8) is 0 Å². The molecule has 0 heterocycles. The van der Waals surface area contributed by atoms with Gasteiger partial charge >= 0.3 is 0 Å². The van der Waals surface area contributed by atoms with Gasteiger partial charge in [-0.3, -0.25) is 4.79 Å². The van der Waals surface area contributed by atoms with Crippen LogP contribution in [0.2, 0.25) is 0 Å². The van der Waals surface area contributed by atoms with Crippen molar-refractivity contribution in [1.29, 1.82) is 0 Å². The Labute approximate surface area is 139 Å². The van der Waals surface area contributed by atoms with Gasteiger partial charge in [0, 0.05) is 13.2 Å². The quantitative estimate of drug-likeness (QED) is 0.811. The van der Waals surface area contributed by atoms with Crippen LogP contribution in [0.3, 0.4) is 0 Å². The molecule has 128 valence electrons. The Balaban J connectivity index is 1.91. The highest BCUT2D eigenvalue weighted by molar-refractivity contribution is 5.88. The van der Waals surface area contributed by atoms with Gasteiger partial charge in [0.2, 0.25) is 5.91 Å². The van der Waals surface area contributed by atoms with Crippen LogP contribution in [0, 0.1) is 5.92 Å². The van der Waals surface area contributed by atoms with Crippen molar-refractivity contribution in [3.05, 3.63) is 35.4 Å². The van der Waals surface area contributed by atoms with Gasteiger partial charge in [-0.05, 0) is 43.2 Å². The summed E-state index contributed by atoms with van der Waals surface area (Å²) in [7, 11) is 0. The number of benzene rings is 1. The summed E-state index contributed by atoms with van der Waals surface area (Å²) in [5.74, 6) is 0.432. The van der Waals surface area contributed by atoms with E-state index in [2.05, 4.69) is 31.3 Å². The monoisotopic (exact) mass is 319 g/mol. The average molecular weight is 319 g/mol. The number of carbonyl (C=O) groups is 1. The molecule has 0 bridgehead atoms. The van der Waals surface area contributed by atoms with E-state index in [1.807, 2.05) is 19.1 Å². The molecule has 0 radical (unpaired) electrons. The number of aryl methyl sites for hydroxylation is 1. The molecule has 2 unspecified atom stereocenters. The van der Waals surface area contributed by atoms with E-state index < -0.39 is 11.5 Å². The number of fused-ring (bicyclic) bond motifs is 1. The van der Waals surface area contributed by atoms with E-state index >= 15 is 0 Å². The van der Waals surface area contributed by atoms with Crippen LogP contribution in [0.1, 0.15) is 44.7 Å². The first-order valence-electron chi connectivity index (χ1n) is 8.56. The van der Waals surface area contributed by atoms with E-state index in [1.165, 1.54) is 5.56 Å². The maximum atomic E-state index is 12.7. The molecule has 0 aliphatic heterocycles. The lowest BCUT2D eigenvalue weighted by Crippen LogP contribution is -2.47. The summed E-state index contributed by atoms with van der Waals surface area (Å²) < 4.78 is 5.41. The van der Waals surface area contributed by atoms with Crippen molar-refractivity contribution in [2.24, 2.45) is 5.92 Å². The van der Waals surface area contributed by atoms with Crippen LogP contribution in [0.5, 0.6) is 0 Å². The van der Waals surface area contributed by atoms with Crippen LogP contribution < -0.4 is 5.32 Å². The van der Waals surface area contributed by atoms with Crippen LogP contribution in [-0.4, -0.2) is 36.9 Å². The van der Waals surface area contributed by atoms with Crippen molar-refractivity contribution in [2.75, 3.05) is 19.8 Å². The molecule has 2 atom stereocenters. The maximum Gasteiger partial charge on any atom is 0.230 e. The van der Waals surface area contributed by atoms with E-state index in [0.29, 0.717) is 12.5 Å². The van der Waals surface area contributed by atoms with Gasteiger partial charge in [0.1, 0.15) is 0 Å². The number of aliphatic hydroxyl groups is 1. The van der Waals surface area contributed by atoms with Crippen molar-refractivity contribution in [3.8, 4) is 0 Å². The molecule has 1 aromatic carbocycles. The standard InChI is InChI=1S/C19H29NO3/c1-14(2)12-23-13-16(21)11-20-18(22)19(3)10-6-8-15-7-4-5-9-17(15)19/h4-5,7,9,14,16,21H,6,8,10-13H2,1-3H3,(H,20,22). The minimum atomic E-state index is -0.667. The van der Waals surface area contributed by atoms with E-state index in [9.17, 15) is 9.90 Å². The van der Waals surface area contributed by atoms with Crippen molar-refractivity contribution < 1.29 is 14.6 Å². The first-order valence-corrected chi connectivity index (χ1v) is 8.56. The normalized spacial score (nSPS) is 21.8. The van der Waals surface area contributed by atoms with Crippen LogP contribution in [0.4, 0.5) is 0 Å². The zero-order valence-corrected chi connectivity index (χ0v) is 14.5. The fourth-order valence-electron chi connectivity index (χ4n) is 3.18. The summed E-state index contributed by atoms with van der Waals surface area (Å²) >= 11 is 0. The lowest BCUT2D eigenvalue weighted by atomic mass is 9.70. The summed E-state index contributed by atoms with van der Waals surface area (Å²) in [5, 5.41) is 12.9. The molecule has 0 aromatic heterocycles. The lowest BCUT2D eigenvalue weighted by Gasteiger charge is -2.34. The third-order valence-corrected chi connectivity index (χ3v) is 4.50. The summed E-state index contributed by atoms with van der Waals surface area (Å²) in [6, 6.07) is 8.17. The van der Waals surface area contributed by atoms with Gasteiger partial charge in [0.05, 0.1) is 18.1 Å².